The van der Waals surface area contributed by atoms with Crippen LogP contribution in [0.15, 0.2) is 30.5 Å². The van der Waals surface area contributed by atoms with Crippen LogP contribution in [-0.4, -0.2) is 33.9 Å². The number of carbonyl (C=O) groups is 1. The Morgan fingerprint density at radius 2 is 1.96 bits per heavy atom. The van der Waals surface area contributed by atoms with Gasteiger partial charge in [0.25, 0.3) is 0 Å². The molecule has 1 aromatic heterocycles. The number of piperidine rings is 1. The summed E-state index contributed by atoms with van der Waals surface area (Å²) in [4.78, 5) is 23.8. The fraction of sp³-hybridized carbons (Fsp3) is 0.522. The normalized spacial score (nSPS) is 22.3. The van der Waals surface area contributed by atoms with Gasteiger partial charge in [0.1, 0.15) is 11.6 Å². The van der Waals surface area contributed by atoms with Crippen LogP contribution in [0.2, 0.25) is 0 Å². The predicted molar refractivity (Wildman–Crippen MR) is 106 cm³/mol. The molecule has 2 atom stereocenters. The molecule has 2 fully saturated rings. The molecule has 148 valence electrons. The van der Waals surface area contributed by atoms with Crippen molar-refractivity contribution in [2.75, 3.05) is 13.1 Å². The Balaban J connectivity index is 1.25. The van der Waals surface area contributed by atoms with E-state index in [0.717, 1.165) is 62.3 Å². The number of nitrogens with zero attached hydrogens (tertiary/aromatic N) is 3. The molecule has 2 aromatic rings. The molecule has 1 aliphatic heterocycles. The van der Waals surface area contributed by atoms with Crippen molar-refractivity contribution in [2.24, 2.45) is 11.8 Å². The molecule has 4 rings (SSSR count). The Bertz CT molecular complexity index is 861. The van der Waals surface area contributed by atoms with Crippen LogP contribution in [0.25, 0.3) is 0 Å². The van der Waals surface area contributed by atoms with E-state index >= 15 is 0 Å². The summed E-state index contributed by atoms with van der Waals surface area (Å²) >= 11 is 0. The van der Waals surface area contributed by atoms with E-state index in [9.17, 15) is 9.18 Å². The fourth-order valence-corrected chi connectivity index (χ4v) is 4.29. The van der Waals surface area contributed by atoms with E-state index < -0.39 is 0 Å². The summed E-state index contributed by atoms with van der Waals surface area (Å²) in [6.07, 6.45) is 6.73. The fourth-order valence-electron chi connectivity index (χ4n) is 4.29. The van der Waals surface area contributed by atoms with Crippen molar-refractivity contribution in [2.45, 2.75) is 51.9 Å². The van der Waals surface area contributed by atoms with Crippen LogP contribution in [0.1, 0.15) is 54.2 Å². The number of halogens is 1. The van der Waals surface area contributed by atoms with Gasteiger partial charge in [-0.3, -0.25) is 4.79 Å². The lowest BCUT2D eigenvalue weighted by Crippen LogP contribution is -2.39. The van der Waals surface area contributed by atoms with Gasteiger partial charge in [-0.2, -0.15) is 0 Å². The molecule has 0 N–H and O–H groups in total. The smallest absolute Gasteiger partial charge is 0.226 e. The molecule has 5 heteroatoms. The minimum atomic E-state index is -0.185. The third-order valence-electron chi connectivity index (χ3n) is 6.39. The summed E-state index contributed by atoms with van der Waals surface area (Å²) < 4.78 is 13.9. The number of hydrogen-bond donors (Lipinski definition) is 0. The Morgan fingerprint density at radius 1 is 1.21 bits per heavy atom. The van der Waals surface area contributed by atoms with Gasteiger partial charge in [-0.1, -0.05) is 18.2 Å². The molecule has 1 saturated carbocycles. The summed E-state index contributed by atoms with van der Waals surface area (Å²) in [5.74, 6) is 1.60. The van der Waals surface area contributed by atoms with Crippen molar-refractivity contribution in [1.29, 1.82) is 0 Å². The van der Waals surface area contributed by atoms with Crippen LogP contribution in [-0.2, 0) is 11.2 Å². The quantitative estimate of drug-likeness (QED) is 0.779. The molecule has 0 radical (unpaired) electrons. The molecule has 0 spiro atoms. The highest BCUT2D eigenvalue weighted by atomic mass is 19.1. The van der Waals surface area contributed by atoms with Crippen LogP contribution in [0, 0.1) is 31.5 Å². The van der Waals surface area contributed by atoms with Gasteiger partial charge in [0.2, 0.25) is 5.91 Å². The summed E-state index contributed by atoms with van der Waals surface area (Å²) in [5, 5.41) is 0. The zero-order valence-electron chi connectivity index (χ0n) is 16.7. The minimum absolute atomic E-state index is 0.0302. The molecule has 1 aliphatic carbocycles. The van der Waals surface area contributed by atoms with Crippen LogP contribution < -0.4 is 0 Å². The van der Waals surface area contributed by atoms with Crippen molar-refractivity contribution in [3.63, 3.8) is 0 Å². The third kappa shape index (κ3) is 4.08. The van der Waals surface area contributed by atoms with E-state index in [0.29, 0.717) is 11.5 Å². The Labute approximate surface area is 166 Å². The molecule has 2 aliphatic rings. The molecular weight excluding hydrogens is 353 g/mol. The van der Waals surface area contributed by atoms with Crippen molar-refractivity contribution < 1.29 is 9.18 Å². The highest BCUT2D eigenvalue weighted by molar-refractivity contribution is 5.83. The van der Waals surface area contributed by atoms with Gasteiger partial charge in [0.05, 0.1) is 0 Å². The number of aryl methyl sites for hydroxylation is 3. The average molecular weight is 381 g/mol. The molecule has 1 amide bonds. The first-order valence-corrected chi connectivity index (χ1v) is 10.3. The average Bonchev–Trinajstić information content (AvgIpc) is 3.50. The van der Waals surface area contributed by atoms with E-state index in [2.05, 4.69) is 9.97 Å². The SMILES string of the molecule is Cc1cnc(CCC2CCN(C(=O)[C@@H]3C[C@H]3c3ccccc3F)CC2)nc1C. The molecule has 0 unspecified atom stereocenters. The lowest BCUT2D eigenvalue weighted by molar-refractivity contribution is -0.134. The molecule has 1 saturated heterocycles. The number of benzene rings is 1. The standard InChI is InChI=1S/C23H28FN3O/c1-15-14-25-22(26-16(15)2)8-7-17-9-11-27(12-10-17)23(28)20-13-19(20)18-5-3-4-6-21(18)24/h3-6,14,17,19-20H,7-13H2,1-2H3/t19-,20+/m0/s1. The second kappa shape index (κ2) is 7.98. The zero-order chi connectivity index (χ0) is 19.7. The number of hydrogen-bond acceptors (Lipinski definition) is 3. The Hall–Kier alpha value is -2.30. The van der Waals surface area contributed by atoms with Gasteiger partial charge >= 0.3 is 0 Å². The third-order valence-corrected chi connectivity index (χ3v) is 6.39. The van der Waals surface area contributed by atoms with Crippen molar-refractivity contribution in [3.05, 3.63) is 58.9 Å². The van der Waals surface area contributed by atoms with Crippen LogP contribution in [0.5, 0.6) is 0 Å². The first kappa shape index (κ1) is 19.0. The van der Waals surface area contributed by atoms with E-state index in [1.54, 1.807) is 6.07 Å². The number of likely N-dealkylation sites (tertiary alicyclic amines) is 1. The topological polar surface area (TPSA) is 46.1 Å². The maximum absolute atomic E-state index is 13.9. The predicted octanol–water partition coefficient (Wildman–Crippen LogP) is 4.21. The summed E-state index contributed by atoms with van der Waals surface area (Å²) in [7, 11) is 0. The number of amides is 1. The van der Waals surface area contributed by atoms with Crippen LogP contribution >= 0.6 is 0 Å². The number of rotatable bonds is 5. The minimum Gasteiger partial charge on any atom is -0.342 e. The van der Waals surface area contributed by atoms with E-state index in [4.69, 9.17) is 0 Å². The maximum Gasteiger partial charge on any atom is 0.226 e. The monoisotopic (exact) mass is 381 g/mol. The van der Waals surface area contributed by atoms with Gasteiger partial charge in [-0.05, 0) is 68.6 Å². The van der Waals surface area contributed by atoms with Crippen molar-refractivity contribution in [1.82, 2.24) is 14.9 Å². The summed E-state index contributed by atoms with van der Waals surface area (Å²) in [6, 6.07) is 6.85. The highest BCUT2D eigenvalue weighted by Gasteiger charge is 2.47. The second-order valence-electron chi connectivity index (χ2n) is 8.33. The lowest BCUT2D eigenvalue weighted by atomic mass is 9.91. The highest BCUT2D eigenvalue weighted by Crippen LogP contribution is 2.49. The van der Waals surface area contributed by atoms with E-state index in [-0.39, 0.29) is 23.6 Å². The molecule has 4 nitrogen and oxygen atoms in total. The van der Waals surface area contributed by atoms with Crippen molar-refractivity contribution in [3.8, 4) is 0 Å². The molecule has 1 aromatic carbocycles. The van der Waals surface area contributed by atoms with E-state index in [1.807, 2.05) is 37.1 Å². The van der Waals surface area contributed by atoms with Crippen molar-refractivity contribution >= 4 is 5.91 Å². The number of aromatic nitrogens is 2. The Kier molecular flexibility index (Phi) is 5.42. The van der Waals surface area contributed by atoms with Gasteiger partial charge in [-0.15, -0.1) is 0 Å². The lowest BCUT2D eigenvalue weighted by Gasteiger charge is -2.32. The van der Waals surface area contributed by atoms with Crippen LogP contribution in [0.3, 0.4) is 0 Å². The van der Waals surface area contributed by atoms with Gasteiger partial charge in [-0.25, -0.2) is 14.4 Å². The van der Waals surface area contributed by atoms with Crippen LogP contribution in [0.4, 0.5) is 4.39 Å². The first-order valence-electron chi connectivity index (χ1n) is 10.3. The van der Waals surface area contributed by atoms with Gasteiger partial charge < -0.3 is 4.90 Å². The summed E-state index contributed by atoms with van der Waals surface area (Å²) in [6.45, 7) is 5.69. The first-order chi connectivity index (χ1) is 13.5. The molecule has 2 heterocycles. The molecule has 28 heavy (non-hydrogen) atoms. The zero-order valence-corrected chi connectivity index (χ0v) is 16.7. The maximum atomic E-state index is 13.9. The second-order valence-corrected chi connectivity index (χ2v) is 8.33. The molecule has 0 bridgehead atoms. The Morgan fingerprint density at radius 3 is 2.68 bits per heavy atom. The largest absolute Gasteiger partial charge is 0.342 e. The van der Waals surface area contributed by atoms with Gasteiger partial charge in [0, 0.05) is 37.3 Å². The van der Waals surface area contributed by atoms with E-state index in [1.165, 1.54) is 6.07 Å². The summed E-state index contributed by atoms with van der Waals surface area (Å²) in [5.41, 5.74) is 2.88. The number of carbonyl (C=O) groups excluding carboxylic acids is 1. The van der Waals surface area contributed by atoms with Gasteiger partial charge in [0.15, 0.2) is 0 Å². The molecular formula is C23H28FN3O.